The third-order valence-electron chi connectivity index (χ3n) is 5.67. The lowest BCUT2D eigenvalue weighted by molar-refractivity contribution is -0.136. The zero-order chi connectivity index (χ0) is 20.8. The highest BCUT2D eigenvalue weighted by Gasteiger charge is 2.39. The van der Waals surface area contributed by atoms with Crippen LogP contribution in [0.1, 0.15) is 28.8 Å². The topological polar surface area (TPSA) is 97.2 Å². The van der Waals surface area contributed by atoms with E-state index in [1.165, 1.54) is 0 Å². The van der Waals surface area contributed by atoms with Crippen molar-refractivity contribution in [3.05, 3.63) is 59.7 Å². The minimum atomic E-state index is -0.623. The molecule has 1 fully saturated rings. The number of aryl methyl sites for hydroxylation is 1. The van der Waals surface area contributed by atoms with Crippen LogP contribution < -0.4 is 5.32 Å². The van der Waals surface area contributed by atoms with Crippen molar-refractivity contribution in [3.8, 4) is 22.5 Å². The number of fused-ring (bicyclic) bond motifs is 1. The molecule has 2 aromatic carbocycles. The summed E-state index contributed by atoms with van der Waals surface area (Å²) in [5.74, 6) is -0.889. The van der Waals surface area contributed by atoms with Gasteiger partial charge in [-0.25, -0.2) is 4.68 Å². The van der Waals surface area contributed by atoms with Gasteiger partial charge >= 0.3 is 0 Å². The molecule has 0 spiro atoms. The molecule has 3 aromatic rings. The molecule has 2 aliphatic heterocycles. The van der Waals surface area contributed by atoms with Gasteiger partial charge in [0.2, 0.25) is 11.8 Å². The number of aromatic nitrogens is 3. The maximum atomic E-state index is 12.9. The van der Waals surface area contributed by atoms with E-state index in [2.05, 4.69) is 15.6 Å². The van der Waals surface area contributed by atoms with Crippen LogP contribution in [0.4, 0.5) is 0 Å². The molecule has 30 heavy (non-hydrogen) atoms. The van der Waals surface area contributed by atoms with Crippen LogP contribution in [0.3, 0.4) is 0 Å². The molecule has 0 bridgehead atoms. The Morgan fingerprint density at radius 3 is 2.60 bits per heavy atom. The molecule has 8 nitrogen and oxygen atoms in total. The third-order valence-corrected chi connectivity index (χ3v) is 5.67. The summed E-state index contributed by atoms with van der Waals surface area (Å²) in [6, 6.07) is 14.9. The van der Waals surface area contributed by atoms with Crippen molar-refractivity contribution in [1.29, 1.82) is 0 Å². The number of benzene rings is 2. The first-order valence-electron chi connectivity index (χ1n) is 9.76. The van der Waals surface area contributed by atoms with E-state index >= 15 is 0 Å². The Morgan fingerprint density at radius 1 is 1.03 bits per heavy atom. The van der Waals surface area contributed by atoms with Gasteiger partial charge in [0.1, 0.15) is 11.7 Å². The van der Waals surface area contributed by atoms with Crippen LogP contribution in [0.5, 0.6) is 0 Å². The number of amides is 3. The van der Waals surface area contributed by atoms with Gasteiger partial charge in [-0.2, -0.15) is 0 Å². The standard InChI is InChI=1S/C22H19N5O3/c1-26-20(13-5-3-2-4-6-13)19(24-25-26)14-7-8-16-15(11-14)12-27(22(16)30)17-9-10-18(28)23-21(17)29/h2-8,11,17H,9-10,12H2,1H3,(H,23,28,29). The highest BCUT2D eigenvalue weighted by atomic mass is 16.2. The molecular formula is C22H19N5O3. The first kappa shape index (κ1) is 18.2. The van der Waals surface area contributed by atoms with E-state index in [0.29, 0.717) is 18.5 Å². The molecule has 5 rings (SSSR count). The number of carbonyl (C=O) groups is 3. The van der Waals surface area contributed by atoms with E-state index in [1.54, 1.807) is 15.6 Å². The van der Waals surface area contributed by atoms with E-state index in [1.807, 2.05) is 49.5 Å². The molecule has 8 heteroatoms. The Bertz CT molecular complexity index is 1180. The van der Waals surface area contributed by atoms with E-state index < -0.39 is 11.9 Å². The first-order valence-corrected chi connectivity index (χ1v) is 9.76. The maximum absolute atomic E-state index is 12.9. The van der Waals surface area contributed by atoms with Gasteiger partial charge in [0.05, 0.1) is 5.69 Å². The van der Waals surface area contributed by atoms with Crippen LogP contribution in [0.2, 0.25) is 0 Å². The molecule has 1 atom stereocenters. The number of nitrogens with zero attached hydrogens (tertiary/aromatic N) is 4. The van der Waals surface area contributed by atoms with Crippen molar-refractivity contribution in [1.82, 2.24) is 25.2 Å². The summed E-state index contributed by atoms with van der Waals surface area (Å²) in [6.07, 6.45) is 0.585. The van der Waals surface area contributed by atoms with Crippen molar-refractivity contribution in [3.63, 3.8) is 0 Å². The fraction of sp³-hybridized carbons (Fsp3) is 0.227. The Labute approximate surface area is 172 Å². The average Bonchev–Trinajstić information content (AvgIpc) is 3.28. The minimum absolute atomic E-state index is 0.187. The Morgan fingerprint density at radius 2 is 1.83 bits per heavy atom. The second kappa shape index (κ2) is 6.91. The summed E-state index contributed by atoms with van der Waals surface area (Å²) in [4.78, 5) is 38.1. The van der Waals surface area contributed by atoms with Crippen LogP contribution >= 0.6 is 0 Å². The van der Waals surface area contributed by atoms with Crippen LogP contribution in [-0.4, -0.2) is 43.7 Å². The van der Waals surface area contributed by atoms with Crippen molar-refractivity contribution in [2.75, 3.05) is 0 Å². The molecular weight excluding hydrogens is 382 g/mol. The smallest absolute Gasteiger partial charge is 0.255 e. The van der Waals surface area contributed by atoms with Crippen LogP contribution in [0, 0.1) is 0 Å². The fourth-order valence-corrected chi connectivity index (χ4v) is 4.19. The Hall–Kier alpha value is -3.81. The predicted octanol–water partition coefficient (Wildman–Crippen LogP) is 1.91. The van der Waals surface area contributed by atoms with Gasteiger partial charge in [-0.05, 0) is 24.1 Å². The predicted molar refractivity (Wildman–Crippen MR) is 108 cm³/mol. The van der Waals surface area contributed by atoms with Gasteiger partial charge in [0.25, 0.3) is 5.91 Å². The van der Waals surface area contributed by atoms with Crippen LogP contribution in [-0.2, 0) is 23.2 Å². The molecule has 1 aromatic heterocycles. The molecule has 1 unspecified atom stereocenters. The van der Waals surface area contributed by atoms with Crippen LogP contribution in [0.25, 0.3) is 22.5 Å². The maximum Gasteiger partial charge on any atom is 0.255 e. The average molecular weight is 401 g/mol. The number of hydrogen-bond acceptors (Lipinski definition) is 5. The molecule has 2 aliphatic rings. The lowest BCUT2D eigenvalue weighted by Crippen LogP contribution is -2.52. The van der Waals surface area contributed by atoms with E-state index in [0.717, 1.165) is 28.1 Å². The quantitative estimate of drug-likeness (QED) is 0.676. The molecule has 0 saturated carbocycles. The van der Waals surface area contributed by atoms with Crippen molar-refractivity contribution in [2.45, 2.75) is 25.4 Å². The molecule has 0 radical (unpaired) electrons. The highest BCUT2D eigenvalue weighted by Crippen LogP contribution is 2.34. The van der Waals surface area contributed by atoms with Gasteiger partial charge in [-0.1, -0.05) is 41.6 Å². The number of piperidine rings is 1. The summed E-state index contributed by atoms with van der Waals surface area (Å²) in [7, 11) is 1.85. The largest absolute Gasteiger partial charge is 0.322 e. The molecule has 1 saturated heterocycles. The lowest BCUT2D eigenvalue weighted by Gasteiger charge is -2.29. The number of carbonyl (C=O) groups excluding carboxylic acids is 3. The first-order chi connectivity index (χ1) is 14.5. The zero-order valence-electron chi connectivity index (χ0n) is 16.3. The normalized spacial score (nSPS) is 18.5. The summed E-state index contributed by atoms with van der Waals surface area (Å²) >= 11 is 0. The summed E-state index contributed by atoms with van der Waals surface area (Å²) in [6.45, 7) is 0.329. The van der Waals surface area contributed by atoms with Gasteiger partial charge in [0.15, 0.2) is 0 Å². The summed E-state index contributed by atoms with van der Waals surface area (Å²) in [5.41, 5.74) is 4.90. The van der Waals surface area contributed by atoms with Crippen molar-refractivity contribution >= 4 is 17.7 Å². The summed E-state index contributed by atoms with van der Waals surface area (Å²) in [5, 5.41) is 10.9. The SMILES string of the molecule is Cn1nnc(-c2ccc3c(c2)CN(C2CCC(=O)NC2=O)C3=O)c1-c1ccccc1. The van der Waals surface area contributed by atoms with Gasteiger partial charge in [-0.3, -0.25) is 19.7 Å². The third kappa shape index (κ3) is 2.88. The zero-order valence-corrected chi connectivity index (χ0v) is 16.3. The number of imide groups is 1. The fourth-order valence-electron chi connectivity index (χ4n) is 4.19. The van der Waals surface area contributed by atoms with E-state index in [-0.39, 0.29) is 18.2 Å². The molecule has 3 heterocycles. The molecule has 150 valence electrons. The second-order valence-corrected chi connectivity index (χ2v) is 7.55. The molecule has 1 N–H and O–H groups in total. The van der Waals surface area contributed by atoms with Crippen LogP contribution in [0.15, 0.2) is 48.5 Å². The molecule has 0 aliphatic carbocycles. The Kier molecular flexibility index (Phi) is 4.20. The van der Waals surface area contributed by atoms with Gasteiger partial charge < -0.3 is 4.90 Å². The Balaban J connectivity index is 1.49. The van der Waals surface area contributed by atoms with Gasteiger partial charge in [-0.15, -0.1) is 5.10 Å². The van der Waals surface area contributed by atoms with Gasteiger partial charge in [0, 0.05) is 36.7 Å². The monoisotopic (exact) mass is 401 g/mol. The van der Waals surface area contributed by atoms with E-state index in [4.69, 9.17) is 0 Å². The summed E-state index contributed by atoms with van der Waals surface area (Å²) < 4.78 is 1.73. The number of hydrogen-bond donors (Lipinski definition) is 1. The lowest BCUT2D eigenvalue weighted by atomic mass is 10.0. The molecule has 3 amide bonds. The number of rotatable bonds is 3. The number of nitrogens with one attached hydrogen (secondary N) is 1. The highest BCUT2D eigenvalue weighted by molar-refractivity contribution is 6.05. The van der Waals surface area contributed by atoms with Crippen molar-refractivity contribution < 1.29 is 14.4 Å². The minimum Gasteiger partial charge on any atom is -0.322 e. The van der Waals surface area contributed by atoms with E-state index in [9.17, 15) is 14.4 Å². The second-order valence-electron chi connectivity index (χ2n) is 7.55. The van der Waals surface area contributed by atoms with Crippen molar-refractivity contribution in [2.24, 2.45) is 7.05 Å².